The van der Waals surface area contributed by atoms with E-state index in [1.165, 1.54) is 16.7 Å². The molecule has 0 bridgehead atoms. The van der Waals surface area contributed by atoms with Crippen molar-refractivity contribution in [2.75, 3.05) is 39.9 Å². The van der Waals surface area contributed by atoms with Gasteiger partial charge in [0.25, 0.3) is 0 Å². The first-order valence-electron chi connectivity index (χ1n) is 9.46. The highest BCUT2D eigenvalue weighted by molar-refractivity contribution is 5.51. The minimum Gasteiger partial charge on any atom is -0.493 e. The molecule has 0 amide bonds. The summed E-state index contributed by atoms with van der Waals surface area (Å²) in [6.07, 6.45) is 4.73. The van der Waals surface area contributed by atoms with Crippen molar-refractivity contribution in [3.8, 4) is 11.5 Å². The number of nitrogens with zero attached hydrogens (tertiary/aromatic N) is 2. The number of pyridine rings is 1. The molecule has 140 valence electrons. The minimum atomic E-state index is 0.142. The standard InChI is InChI=1S/C21H29N3O2/c1-4-24(5-2)11-12-26-20-14-18-16(13-19(20)25-3)8-10-23-21(18)17-7-6-9-22-15-17/h6-7,9,13-15,21,23H,4-5,8,10-12H2,1-3H3. The third-order valence-corrected chi connectivity index (χ3v) is 5.06. The lowest BCUT2D eigenvalue weighted by atomic mass is 9.90. The molecule has 0 radical (unpaired) electrons. The van der Waals surface area contributed by atoms with Crippen molar-refractivity contribution in [1.29, 1.82) is 0 Å². The van der Waals surface area contributed by atoms with Crippen LogP contribution in [-0.4, -0.2) is 49.8 Å². The Labute approximate surface area is 156 Å². The highest BCUT2D eigenvalue weighted by Crippen LogP contribution is 2.37. The molecule has 0 fully saturated rings. The van der Waals surface area contributed by atoms with Gasteiger partial charge in [0.2, 0.25) is 0 Å². The molecule has 1 unspecified atom stereocenters. The van der Waals surface area contributed by atoms with Crippen molar-refractivity contribution < 1.29 is 9.47 Å². The summed E-state index contributed by atoms with van der Waals surface area (Å²) in [5.74, 6) is 1.63. The molecule has 2 heterocycles. The molecule has 1 atom stereocenters. The van der Waals surface area contributed by atoms with Crippen LogP contribution in [0, 0.1) is 0 Å². The fraction of sp³-hybridized carbons (Fsp3) is 0.476. The third-order valence-electron chi connectivity index (χ3n) is 5.06. The molecular weight excluding hydrogens is 326 g/mol. The van der Waals surface area contributed by atoms with Crippen LogP contribution in [0.5, 0.6) is 11.5 Å². The van der Waals surface area contributed by atoms with Crippen molar-refractivity contribution >= 4 is 0 Å². The number of methoxy groups -OCH3 is 1. The molecule has 3 rings (SSSR count). The van der Waals surface area contributed by atoms with E-state index >= 15 is 0 Å². The van der Waals surface area contributed by atoms with E-state index in [0.717, 1.165) is 44.1 Å². The van der Waals surface area contributed by atoms with E-state index in [4.69, 9.17) is 9.47 Å². The van der Waals surface area contributed by atoms with Crippen LogP contribution >= 0.6 is 0 Å². The number of rotatable bonds is 8. The van der Waals surface area contributed by atoms with Crippen LogP contribution in [0.3, 0.4) is 0 Å². The van der Waals surface area contributed by atoms with Gasteiger partial charge in [-0.15, -0.1) is 0 Å². The number of hydrogen-bond acceptors (Lipinski definition) is 5. The monoisotopic (exact) mass is 355 g/mol. The van der Waals surface area contributed by atoms with Crippen molar-refractivity contribution in [2.24, 2.45) is 0 Å². The van der Waals surface area contributed by atoms with E-state index in [2.05, 4.69) is 47.2 Å². The summed E-state index contributed by atoms with van der Waals surface area (Å²) >= 11 is 0. The number of fused-ring (bicyclic) bond motifs is 1. The van der Waals surface area contributed by atoms with E-state index in [9.17, 15) is 0 Å². The number of ether oxygens (including phenoxy) is 2. The number of benzene rings is 1. The molecule has 0 spiro atoms. The van der Waals surface area contributed by atoms with Gasteiger partial charge >= 0.3 is 0 Å². The van der Waals surface area contributed by atoms with Gasteiger partial charge < -0.3 is 19.7 Å². The van der Waals surface area contributed by atoms with Crippen LogP contribution in [-0.2, 0) is 6.42 Å². The minimum absolute atomic E-state index is 0.142. The smallest absolute Gasteiger partial charge is 0.161 e. The zero-order chi connectivity index (χ0) is 18.4. The van der Waals surface area contributed by atoms with Crippen molar-refractivity contribution in [2.45, 2.75) is 26.3 Å². The first-order chi connectivity index (χ1) is 12.8. The molecule has 5 nitrogen and oxygen atoms in total. The van der Waals surface area contributed by atoms with Crippen LogP contribution in [0.2, 0.25) is 0 Å². The molecule has 1 N–H and O–H groups in total. The quantitative estimate of drug-likeness (QED) is 0.789. The maximum atomic E-state index is 6.10. The summed E-state index contributed by atoms with van der Waals surface area (Å²) in [5, 5.41) is 3.60. The van der Waals surface area contributed by atoms with Crippen LogP contribution in [0.15, 0.2) is 36.7 Å². The molecule has 1 aliphatic heterocycles. The van der Waals surface area contributed by atoms with Crippen LogP contribution < -0.4 is 14.8 Å². The Morgan fingerprint density at radius 3 is 2.77 bits per heavy atom. The Balaban J connectivity index is 1.84. The van der Waals surface area contributed by atoms with Gasteiger partial charge in [0.05, 0.1) is 13.2 Å². The summed E-state index contributed by atoms with van der Waals surface area (Å²) in [6.45, 7) is 8.93. The van der Waals surface area contributed by atoms with Crippen LogP contribution in [0.25, 0.3) is 0 Å². The largest absolute Gasteiger partial charge is 0.493 e. The zero-order valence-electron chi connectivity index (χ0n) is 16.0. The average molecular weight is 355 g/mol. The van der Waals surface area contributed by atoms with Gasteiger partial charge in [0.1, 0.15) is 6.61 Å². The second-order valence-corrected chi connectivity index (χ2v) is 6.50. The number of aromatic nitrogens is 1. The lowest BCUT2D eigenvalue weighted by Crippen LogP contribution is -2.31. The second kappa shape index (κ2) is 9.01. The fourth-order valence-corrected chi connectivity index (χ4v) is 3.51. The highest BCUT2D eigenvalue weighted by Gasteiger charge is 2.24. The first kappa shape index (κ1) is 18.7. The first-order valence-corrected chi connectivity index (χ1v) is 9.46. The lowest BCUT2D eigenvalue weighted by Gasteiger charge is -2.28. The number of hydrogen-bond donors (Lipinski definition) is 1. The van der Waals surface area contributed by atoms with Crippen molar-refractivity contribution in [3.63, 3.8) is 0 Å². The average Bonchev–Trinajstić information content (AvgIpc) is 2.70. The SMILES string of the molecule is CCN(CC)CCOc1cc2c(cc1OC)CCNC2c1cccnc1. The fourth-order valence-electron chi connectivity index (χ4n) is 3.51. The van der Waals surface area contributed by atoms with Crippen molar-refractivity contribution in [3.05, 3.63) is 53.3 Å². The topological polar surface area (TPSA) is 46.6 Å². The van der Waals surface area contributed by atoms with Gasteiger partial charge in [-0.2, -0.15) is 0 Å². The maximum Gasteiger partial charge on any atom is 0.161 e. The zero-order valence-corrected chi connectivity index (χ0v) is 16.0. The molecule has 1 aromatic heterocycles. The molecule has 0 saturated heterocycles. The molecule has 26 heavy (non-hydrogen) atoms. The van der Waals surface area contributed by atoms with Gasteiger partial charge in [0.15, 0.2) is 11.5 Å². The summed E-state index contributed by atoms with van der Waals surface area (Å²) in [5.41, 5.74) is 3.74. The number of likely N-dealkylation sites (N-methyl/N-ethyl adjacent to an activating group) is 1. The van der Waals surface area contributed by atoms with Crippen LogP contribution in [0.4, 0.5) is 0 Å². The van der Waals surface area contributed by atoms with Gasteiger partial charge in [0, 0.05) is 25.5 Å². The summed E-state index contributed by atoms with van der Waals surface area (Å²) in [4.78, 5) is 6.63. The van der Waals surface area contributed by atoms with Gasteiger partial charge in [-0.3, -0.25) is 4.98 Å². The van der Waals surface area contributed by atoms with E-state index < -0.39 is 0 Å². The molecule has 1 aromatic carbocycles. The molecule has 2 aromatic rings. The maximum absolute atomic E-state index is 6.10. The molecule has 0 aliphatic carbocycles. The number of nitrogens with one attached hydrogen (secondary N) is 1. The predicted octanol–water partition coefficient (Wildman–Crippen LogP) is 3.05. The van der Waals surface area contributed by atoms with E-state index in [1.54, 1.807) is 7.11 Å². The second-order valence-electron chi connectivity index (χ2n) is 6.50. The summed E-state index contributed by atoms with van der Waals surface area (Å²) in [6, 6.07) is 8.51. The predicted molar refractivity (Wildman–Crippen MR) is 104 cm³/mol. The summed E-state index contributed by atoms with van der Waals surface area (Å²) < 4.78 is 11.7. The third kappa shape index (κ3) is 4.17. The Hall–Kier alpha value is -2.11. The van der Waals surface area contributed by atoms with E-state index in [-0.39, 0.29) is 6.04 Å². The van der Waals surface area contributed by atoms with Crippen molar-refractivity contribution in [1.82, 2.24) is 15.2 Å². The van der Waals surface area contributed by atoms with E-state index in [0.29, 0.717) is 6.61 Å². The highest BCUT2D eigenvalue weighted by atomic mass is 16.5. The Morgan fingerprint density at radius 1 is 1.23 bits per heavy atom. The van der Waals surface area contributed by atoms with Gasteiger partial charge in [-0.05, 0) is 54.4 Å². The van der Waals surface area contributed by atoms with Gasteiger partial charge in [-0.1, -0.05) is 19.9 Å². The molecule has 1 aliphatic rings. The summed E-state index contributed by atoms with van der Waals surface area (Å²) in [7, 11) is 1.71. The Morgan fingerprint density at radius 2 is 2.08 bits per heavy atom. The van der Waals surface area contributed by atoms with Gasteiger partial charge in [-0.25, -0.2) is 0 Å². The molecule has 0 saturated carbocycles. The lowest BCUT2D eigenvalue weighted by molar-refractivity contribution is 0.217. The molecular formula is C21H29N3O2. The van der Waals surface area contributed by atoms with Crippen LogP contribution in [0.1, 0.15) is 36.6 Å². The Bertz CT molecular complexity index is 702. The van der Waals surface area contributed by atoms with E-state index in [1.807, 2.05) is 18.5 Å². The Kier molecular flexibility index (Phi) is 6.47. The normalized spacial score (nSPS) is 16.4. The molecule has 5 heteroatoms.